The summed E-state index contributed by atoms with van der Waals surface area (Å²) in [6.07, 6.45) is 8.01. The molecule has 2 aliphatic heterocycles. The molecule has 0 aromatic carbocycles. The average molecular weight is 456 g/mol. The van der Waals surface area contributed by atoms with Gasteiger partial charge in [-0.1, -0.05) is 6.08 Å². The number of aromatic nitrogens is 1. The van der Waals surface area contributed by atoms with Crippen LogP contribution in [0.1, 0.15) is 55.8 Å². The molecule has 33 heavy (non-hydrogen) atoms. The molecule has 2 N–H and O–H groups in total. The first kappa shape index (κ1) is 22.3. The summed E-state index contributed by atoms with van der Waals surface area (Å²) in [7, 11) is 1.57. The molecule has 4 atom stereocenters. The van der Waals surface area contributed by atoms with Gasteiger partial charge in [-0.05, 0) is 56.2 Å². The van der Waals surface area contributed by atoms with Crippen molar-refractivity contribution in [2.24, 2.45) is 17.8 Å². The molecule has 8 nitrogen and oxygen atoms in total. The molecule has 1 aromatic rings. The Hall–Kier alpha value is -2.45. The van der Waals surface area contributed by atoms with Crippen molar-refractivity contribution in [1.29, 1.82) is 0 Å². The van der Waals surface area contributed by atoms with Crippen LogP contribution < -0.4 is 10.9 Å². The predicted octanol–water partition coefficient (Wildman–Crippen LogP) is 1.47. The Bertz CT molecular complexity index is 1030. The Labute approximate surface area is 193 Å². The smallest absolute Gasteiger partial charge is 0.258 e. The van der Waals surface area contributed by atoms with Gasteiger partial charge in [0.25, 0.3) is 5.56 Å². The Balaban J connectivity index is 1.57. The number of hydrogen-bond donors (Lipinski definition) is 2. The van der Waals surface area contributed by atoms with Crippen molar-refractivity contribution < 1.29 is 19.4 Å². The van der Waals surface area contributed by atoms with Crippen LogP contribution in [-0.2, 0) is 20.9 Å². The van der Waals surface area contributed by atoms with E-state index in [0.717, 1.165) is 49.7 Å². The Morgan fingerprint density at radius 3 is 2.73 bits per heavy atom. The van der Waals surface area contributed by atoms with E-state index < -0.39 is 17.9 Å². The van der Waals surface area contributed by atoms with Crippen LogP contribution in [0.5, 0.6) is 0 Å². The highest BCUT2D eigenvalue weighted by molar-refractivity contribution is 5.86. The SMILES string of the molecule is COCCNC(=O)[C@H]1[C@H](CO)[C@H]2Cn3c(ccc(C4=CCCCC4)c3=O)[C@@H]1N2C(=O)C1CC1. The minimum absolute atomic E-state index is 0.00501. The summed E-state index contributed by atoms with van der Waals surface area (Å²) in [5.41, 5.74) is 2.47. The molecular formula is C25H33N3O5. The summed E-state index contributed by atoms with van der Waals surface area (Å²) < 4.78 is 6.82. The lowest BCUT2D eigenvalue weighted by Crippen LogP contribution is -2.50. The number of aliphatic hydroxyl groups is 1. The van der Waals surface area contributed by atoms with Crippen molar-refractivity contribution >= 4 is 17.4 Å². The van der Waals surface area contributed by atoms with Crippen LogP contribution in [0.3, 0.4) is 0 Å². The first-order valence-electron chi connectivity index (χ1n) is 12.2. The fraction of sp³-hybridized carbons (Fsp3) is 0.640. The van der Waals surface area contributed by atoms with Gasteiger partial charge in [0, 0.05) is 49.9 Å². The van der Waals surface area contributed by atoms with Crippen LogP contribution >= 0.6 is 0 Å². The maximum atomic E-state index is 13.6. The first-order valence-corrected chi connectivity index (χ1v) is 12.2. The summed E-state index contributed by atoms with van der Waals surface area (Å²) in [5, 5.41) is 13.2. The maximum Gasteiger partial charge on any atom is 0.258 e. The van der Waals surface area contributed by atoms with Crippen LogP contribution in [-0.4, -0.2) is 59.3 Å². The molecule has 2 bridgehead atoms. The van der Waals surface area contributed by atoms with Gasteiger partial charge in [0.15, 0.2) is 0 Å². The average Bonchev–Trinajstić information content (AvgIpc) is 3.64. The van der Waals surface area contributed by atoms with Crippen molar-refractivity contribution in [3.63, 3.8) is 0 Å². The van der Waals surface area contributed by atoms with Crippen molar-refractivity contribution in [1.82, 2.24) is 14.8 Å². The maximum absolute atomic E-state index is 13.6. The number of fused-ring (bicyclic) bond motifs is 4. The van der Waals surface area contributed by atoms with E-state index in [2.05, 4.69) is 11.4 Å². The number of rotatable bonds is 7. The second kappa shape index (κ2) is 9.06. The molecular weight excluding hydrogens is 422 g/mol. The summed E-state index contributed by atoms with van der Waals surface area (Å²) in [6.45, 7) is 0.851. The van der Waals surface area contributed by atoms with E-state index in [1.165, 1.54) is 0 Å². The van der Waals surface area contributed by atoms with E-state index in [-0.39, 0.29) is 35.9 Å². The number of nitrogens with one attached hydrogen (secondary N) is 1. The summed E-state index contributed by atoms with van der Waals surface area (Å²) in [6, 6.07) is 2.89. The lowest BCUT2D eigenvalue weighted by Gasteiger charge is -2.38. The van der Waals surface area contributed by atoms with E-state index >= 15 is 0 Å². The normalized spacial score (nSPS) is 28.3. The third-order valence-electron chi connectivity index (χ3n) is 7.77. The number of pyridine rings is 1. The van der Waals surface area contributed by atoms with Gasteiger partial charge >= 0.3 is 0 Å². The lowest BCUT2D eigenvalue weighted by atomic mass is 9.86. The molecule has 2 amide bonds. The fourth-order valence-electron chi connectivity index (χ4n) is 5.97. The van der Waals surface area contributed by atoms with Gasteiger partial charge in [0.05, 0.1) is 24.6 Å². The van der Waals surface area contributed by atoms with Gasteiger partial charge in [-0.2, -0.15) is 0 Å². The monoisotopic (exact) mass is 455 g/mol. The highest BCUT2D eigenvalue weighted by Crippen LogP contribution is 2.50. The first-order chi connectivity index (χ1) is 16.1. The molecule has 3 heterocycles. The van der Waals surface area contributed by atoms with Crippen LogP contribution in [0.2, 0.25) is 0 Å². The van der Waals surface area contributed by atoms with E-state index in [1.54, 1.807) is 11.7 Å². The zero-order valence-electron chi connectivity index (χ0n) is 19.2. The second-order valence-electron chi connectivity index (χ2n) is 9.75. The van der Waals surface area contributed by atoms with Crippen LogP contribution in [0, 0.1) is 17.8 Å². The van der Waals surface area contributed by atoms with Gasteiger partial charge in [0.2, 0.25) is 11.8 Å². The molecule has 0 spiro atoms. The molecule has 1 saturated heterocycles. The van der Waals surface area contributed by atoms with Crippen molar-refractivity contribution in [2.45, 2.75) is 57.2 Å². The molecule has 1 saturated carbocycles. The summed E-state index contributed by atoms with van der Waals surface area (Å²) >= 11 is 0. The van der Waals surface area contributed by atoms with Gasteiger partial charge in [-0.3, -0.25) is 14.4 Å². The number of methoxy groups -OCH3 is 1. The molecule has 178 valence electrons. The van der Waals surface area contributed by atoms with Gasteiger partial charge in [0.1, 0.15) is 0 Å². The molecule has 2 aliphatic carbocycles. The number of ether oxygens (including phenoxy) is 1. The minimum atomic E-state index is -0.604. The number of amides is 2. The molecule has 0 unspecified atom stereocenters. The van der Waals surface area contributed by atoms with Crippen molar-refractivity contribution in [3.8, 4) is 0 Å². The number of aliphatic hydroxyl groups excluding tert-OH is 1. The molecule has 4 aliphatic rings. The standard InChI is InChI=1S/C25H33N3O5/c1-33-12-11-26-23(30)21-18(14-29)20-13-27-19(22(21)28(20)24(31)16-7-8-16)10-9-17(25(27)32)15-5-3-2-4-6-15/h5,9-10,16,18,20-22,29H,2-4,6-8,11-14H2,1H3,(H,26,30)/t18-,20-,21+,22+/m1/s1. The predicted molar refractivity (Wildman–Crippen MR) is 122 cm³/mol. The molecule has 5 rings (SSSR count). The third kappa shape index (κ3) is 3.83. The second-order valence-corrected chi connectivity index (χ2v) is 9.75. The zero-order chi connectivity index (χ0) is 23.1. The molecule has 2 fully saturated rings. The van der Waals surface area contributed by atoms with Crippen LogP contribution in [0.4, 0.5) is 0 Å². The molecule has 8 heteroatoms. The highest BCUT2D eigenvalue weighted by Gasteiger charge is 2.58. The van der Waals surface area contributed by atoms with Crippen LogP contribution in [0.25, 0.3) is 5.57 Å². The number of carbonyl (C=O) groups is 2. The van der Waals surface area contributed by atoms with Crippen LogP contribution in [0.15, 0.2) is 23.0 Å². The number of nitrogens with zero attached hydrogens (tertiary/aromatic N) is 2. The van der Waals surface area contributed by atoms with E-state index in [1.807, 2.05) is 17.0 Å². The van der Waals surface area contributed by atoms with Crippen molar-refractivity contribution in [2.75, 3.05) is 26.9 Å². The summed E-state index contributed by atoms with van der Waals surface area (Å²) in [4.78, 5) is 42.0. The molecule has 0 radical (unpaired) electrons. The number of hydrogen-bond acceptors (Lipinski definition) is 5. The number of allylic oxidation sites excluding steroid dienone is 2. The summed E-state index contributed by atoms with van der Waals surface area (Å²) in [5.74, 6) is -1.18. The van der Waals surface area contributed by atoms with Gasteiger partial charge in [-0.15, -0.1) is 0 Å². The van der Waals surface area contributed by atoms with E-state index in [4.69, 9.17) is 4.74 Å². The van der Waals surface area contributed by atoms with Gasteiger partial charge in [-0.25, -0.2) is 0 Å². The Kier molecular flexibility index (Phi) is 6.14. The Morgan fingerprint density at radius 1 is 1.24 bits per heavy atom. The third-order valence-corrected chi connectivity index (χ3v) is 7.77. The zero-order valence-corrected chi connectivity index (χ0v) is 19.2. The Morgan fingerprint density at radius 2 is 2.06 bits per heavy atom. The topological polar surface area (TPSA) is 101 Å². The van der Waals surface area contributed by atoms with Gasteiger partial charge < -0.3 is 24.6 Å². The van der Waals surface area contributed by atoms with Crippen molar-refractivity contribution in [3.05, 3.63) is 39.8 Å². The minimum Gasteiger partial charge on any atom is -0.396 e. The van der Waals surface area contributed by atoms with E-state index in [9.17, 15) is 19.5 Å². The number of carbonyl (C=O) groups excluding carboxylic acids is 2. The quantitative estimate of drug-likeness (QED) is 0.607. The largest absolute Gasteiger partial charge is 0.396 e. The molecule has 1 aromatic heterocycles. The highest BCUT2D eigenvalue weighted by atomic mass is 16.5. The van der Waals surface area contributed by atoms with E-state index in [0.29, 0.717) is 25.4 Å². The fourth-order valence-corrected chi connectivity index (χ4v) is 5.97. The lowest BCUT2D eigenvalue weighted by molar-refractivity contribution is -0.138.